The quantitative estimate of drug-likeness (QED) is 0.853. The Labute approximate surface area is 148 Å². The average Bonchev–Trinajstić information content (AvgIpc) is 3.07. The van der Waals surface area contributed by atoms with Crippen molar-refractivity contribution in [2.45, 2.75) is 0 Å². The van der Waals surface area contributed by atoms with E-state index in [1.807, 2.05) is 0 Å². The number of benzene rings is 2. The lowest BCUT2D eigenvalue weighted by Gasteiger charge is -2.09. The van der Waals surface area contributed by atoms with E-state index in [4.69, 9.17) is 25.8 Å². The number of halogens is 1. The lowest BCUT2D eigenvalue weighted by molar-refractivity contribution is -0.115. The Kier molecular flexibility index (Phi) is 4.95. The molecule has 1 aliphatic rings. The molecule has 2 amide bonds. The monoisotopic (exact) mass is 362 g/mol. The van der Waals surface area contributed by atoms with E-state index in [2.05, 4.69) is 10.6 Å². The molecule has 0 unspecified atom stereocenters. The molecule has 130 valence electrons. The Morgan fingerprint density at radius 2 is 1.96 bits per heavy atom. The third kappa shape index (κ3) is 3.95. The van der Waals surface area contributed by atoms with E-state index in [1.165, 1.54) is 7.11 Å². The van der Waals surface area contributed by atoms with E-state index in [9.17, 15) is 9.59 Å². The fourth-order valence-corrected chi connectivity index (χ4v) is 2.51. The van der Waals surface area contributed by atoms with Crippen molar-refractivity contribution in [3.05, 3.63) is 47.0 Å². The van der Waals surface area contributed by atoms with Crippen LogP contribution in [0, 0.1) is 0 Å². The summed E-state index contributed by atoms with van der Waals surface area (Å²) in [4.78, 5) is 24.1. The molecule has 8 heteroatoms. The van der Waals surface area contributed by atoms with Gasteiger partial charge in [0, 0.05) is 11.3 Å². The minimum atomic E-state index is -0.388. The van der Waals surface area contributed by atoms with E-state index in [-0.39, 0.29) is 25.2 Å². The molecular weight excluding hydrogens is 348 g/mol. The van der Waals surface area contributed by atoms with E-state index >= 15 is 0 Å². The second-order valence-electron chi connectivity index (χ2n) is 5.15. The molecule has 1 heterocycles. The van der Waals surface area contributed by atoms with Gasteiger partial charge in [-0.1, -0.05) is 11.6 Å². The highest BCUT2D eigenvalue weighted by atomic mass is 35.5. The van der Waals surface area contributed by atoms with E-state index in [1.54, 1.807) is 36.4 Å². The van der Waals surface area contributed by atoms with Gasteiger partial charge >= 0.3 is 0 Å². The van der Waals surface area contributed by atoms with Crippen LogP contribution in [0.5, 0.6) is 17.2 Å². The van der Waals surface area contributed by atoms with E-state index < -0.39 is 0 Å². The van der Waals surface area contributed by atoms with Crippen molar-refractivity contribution in [1.29, 1.82) is 0 Å². The molecular formula is C17H15ClN2O5. The fourth-order valence-electron chi connectivity index (χ4n) is 2.25. The second-order valence-corrected chi connectivity index (χ2v) is 5.56. The normalized spacial score (nSPS) is 11.8. The Bertz CT molecular complexity index is 825. The van der Waals surface area contributed by atoms with Gasteiger partial charge in [0.25, 0.3) is 5.91 Å². The van der Waals surface area contributed by atoms with Crippen LogP contribution in [0.1, 0.15) is 10.4 Å². The van der Waals surface area contributed by atoms with Gasteiger partial charge < -0.3 is 24.8 Å². The van der Waals surface area contributed by atoms with Gasteiger partial charge in [-0.15, -0.1) is 0 Å². The molecule has 0 spiro atoms. The number of rotatable bonds is 5. The Morgan fingerprint density at radius 3 is 2.72 bits per heavy atom. The summed E-state index contributed by atoms with van der Waals surface area (Å²) in [5.74, 6) is 0.836. The van der Waals surface area contributed by atoms with Gasteiger partial charge in [0.1, 0.15) is 5.75 Å². The molecule has 1 aliphatic heterocycles. The number of methoxy groups -OCH3 is 1. The predicted molar refractivity (Wildman–Crippen MR) is 91.5 cm³/mol. The van der Waals surface area contributed by atoms with E-state index in [0.29, 0.717) is 33.5 Å². The number of hydrogen-bond acceptors (Lipinski definition) is 5. The fraction of sp³-hybridized carbons (Fsp3) is 0.176. The maximum absolute atomic E-state index is 12.1. The molecule has 0 saturated carbocycles. The number of nitrogens with one attached hydrogen (secondary N) is 2. The summed E-state index contributed by atoms with van der Waals surface area (Å²) in [6.07, 6.45) is 0. The van der Waals surface area contributed by atoms with Gasteiger partial charge in [0.15, 0.2) is 11.5 Å². The van der Waals surface area contributed by atoms with Crippen molar-refractivity contribution in [3.63, 3.8) is 0 Å². The number of amides is 2. The summed E-state index contributed by atoms with van der Waals surface area (Å²) in [5.41, 5.74) is 0.887. The van der Waals surface area contributed by atoms with Crippen molar-refractivity contribution in [1.82, 2.24) is 5.32 Å². The molecule has 0 radical (unpaired) electrons. The van der Waals surface area contributed by atoms with Crippen LogP contribution in [-0.2, 0) is 4.79 Å². The van der Waals surface area contributed by atoms with E-state index in [0.717, 1.165) is 0 Å². The van der Waals surface area contributed by atoms with Crippen molar-refractivity contribution >= 4 is 29.1 Å². The minimum Gasteiger partial charge on any atom is -0.495 e. The standard InChI is InChI=1S/C17H15ClN2O5/c1-23-13-5-3-11(7-12(13)18)20-16(21)8-19-17(22)10-2-4-14-15(6-10)25-9-24-14/h2-7H,8-9H2,1H3,(H,19,22)(H,20,21). The van der Waals surface area contributed by atoms with Crippen molar-refractivity contribution in [2.24, 2.45) is 0 Å². The zero-order chi connectivity index (χ0) is 17.8. The topological polar surface area (TPSA) is 85.9 Å². The van der Waals surface area contributed by atoms with Crippen LogP contribution >= 0.6 is 11.6 Å². The predicted octanol–water partition coefficient (Wildman–Crippen LogP) is 2.45. The summed E-state index contributed by atoms with van der Waals surface area (Å²) in [6, 6.07) is 9.68. The summed E-state index contributed by atoms with van der Waals surface area (Å²) in [7, 11) is 1.51. The number of anilines is 1. The minimum absolute atomic E-state index is 0.132. The van der Waals surface area contributed by atoms with Gasteiger partial charge in [-0.05, 0) is 36.4 Å². The smallest absolute Gasteiger partial charge is 0.251 e. The lowest BCUT2D eigenvalue weighted by atomic mass is 10.2. The summed E-state index contributed by atoms with van der Waals surface area (Å²) < 4.78 is 15.4. The number of carbonyl (C=O) groups excluding carboxylic acids is 2. The van der Waals surface area contributed by atoms with Crippen LogP contribution in [0.2, 0.25) is 5.02 Å². The van der Waals surface area contributed by atoms with Gasteiger partial charge in [-0.2, -0.15) is 0 Å². The summed E-state index contributed by atoms with van der Waals surface area (Å²) >= 11 is 6.00. The molecule has 25 heavy (non-hydrogen) atoms. The first kappa shape index (κ1) is 16.9. The van der Waals surface area contributed by atoms with Crippen LogP contribution in [0.15, 0.2) is 36.4 Å². The molecule has 3 rings (SSSR count). The average molecular weight is 363 g/mol. The summed E-state index contributed by atoms with van der Waals surface area (Å²) in [5, 5.41) is 5.57. The van der Waals surface area contributed by atoms with Gasteiger partial charge in [-0.3, -0.25) is 9.59 Å². The SMILES string of the molecule is COc1ccc(NC(=O)CNC(=O)c2ccc3c(c2)OCO3)cc1Cl. The highest BCUT2D eigenvalue weighted by Gasteiger charge is 2.16. The largest absolute Gasteiger partial charge is 0.495 e. The van der Waals surface area contributed by atoms with Crippen molar-refractivity contribution in [2.75, 3.05) is 25.8 Å². The Balaban J connectivity index is 1.55. The molecule has 7 nitrogen and oxygen atoms in total. The molecule has 0 aliphatic carbocycles. The molecule has 0 bridgehead atoms. The first-order valence-electron chi connectivity index (χ1n) is 7.38. The number of ether oxygens (including phenoxy) is 3. The molecule has 0 saturated heterocycles. The van der Waals surface area contributed by atoms with Gasteiger partial charge in [0.05, 0.1) is 18.7 Å². The molecule has 0 aromatic heterocycles. The zero-order valence-electron chi connectivity index (χ0n) is 13.3. The third-order valence-corrected chi connectivity index (χ3v) is 3.78. The third-order valence-electron chi connectivity index (χ3n) is 3.48. The van der Waals surface area contributed by atoms with Crippen molar-refractivity contribution in [3.8, 4) is 17.2 Å². The zero-order valence-corrected chi connectivity index (χ0v) is 14.1. The van der Waals surface area contributed by atoms with Crippen LogP contribution in [0.4, 0.5) is 5.69 Å². The highest BCUT2D eigenvalue weighted by Crippen LogP contribution is 2.32. The highest BCUT2D eigenvalue weighted by molar-refractivity contribution is 6.32. The second kappa shape index (κ2) is 7.31. The molecule has 2 N–H and O–H groups in total. The Hall–Kier alpha value is -2.93. The van der Waals surface area contributed by atoms with Gasteiger partial charge in [0.2, 0.25) is 12.7 Å². The maximum Gasteiger partial charge on any atom is 0.251 e. The van der Waals surface area contributed by atoms with Crippen LogP contribution in [0.25, 0.3) is 0 Å². The first-order valence-corrected chi connectivity index (χ1v) is 7.76. The lowest BCUT2D eigenvalue weighted by Crippen LogP contribution is -2.32. The molecule has 0 atom stereocenters. The van der Waals surface area contributed by atoms with Crippen molar-refractivity contribution < 1.29 is 23.8 Å². The van der Waals surface area contributed by atoms with Gasteiger partial charge in [-0.25, -0.2) is 0 Å². The van der Waals surface area contributed by atoms with Crippen LogP contribution < -0.4 is 24.8 Å². The first-order chi connectivity index (χ1) is 12.1. The maximum atomic E-state index is 12.1. The Morgan fingerprint density at radius 1 is 1.16 bits per heavy atom. The molecule has 2 aromatic carbocycles. The number of hydrogen-bond donors (Lipinski definition) is 2. The summed E-state index contributed by atoms with van der Waals surface area (Å²) in [6.45, 7) is -0.0514. The molecule has 0 fully saturated rings. The number of fused-ring (bicyclic) bond motifs is 1. The van der Waals surface area contributed by atoms with Crippen LogP contribution in [-0.4, -0.2) is 32.3 Å². The van der Waals surface area contributed by atoms with Crippen LogP contribution in [0.3, 0.4) is 0 Å². The number of carbonyl (C=O) groups is 2. The molecule has 2 aromatic rings.